The minimum atomic E-state index is -1.16. The first-order valence-electron chi connectivity index (χ1n) is 10.8. The molecule has 10 nitrogen and oxygen atoms in total. The number of aromatic nitrogens is 5. The summed E-state index contributed by atoms with van der Waals surface area (Å²) in [6, 6.07) is 15.4. The lowest BCUT2D eigenvalue weighted by Crippen LogP contribution is -2.26. The monoisotopic (exact) mass is 467 g/mol. The summed E-state index contributed by atoms with van der Waals surface area (Å²) < 4.78 is 3.17. The third-order valence-electron chi connectivity index (χ3n) is 5.68. The van der Waals surface area contributed by atoms with Gasteiger partial charge in [0.05, 0.1) is 17.4 Å². The predicted octanol–water partition coefficient (Wildman–Crippen LogP) is 0.710. The van der Waals surface area contributed by atoms with Crippen molar-refractivity contribution >= 4 is 28.6 Å². The Morgan fingerprint density at radius 3 is 2.43 bits per heavy atom. The van der Waals surface area contributed by atoms with Crippen molar-refractivity contribution in [3.63, 3.8) is 0 Å². The van der Waals surface area contributed by atoms with Crippen LogP contribution in [0.3, 0.4) is 0 Å². The van der Waals surface area contributed by atoms with Gasteiger partial charge in [-0.15, -0.1) is 10.2 Å². The molecule has 0 aliphatic carbocycles. The van der Waals surface area contributed by atoms with Gasteiger partial charge in [0.25, 0.3) is 11.5 Å². The number of rotatable bonds is 7. The molecule has 1 amide bonds. The lowest BCUT2D eigenvalue weighted by molar-refractivity contribution is -0.304. The Morgan fingerprint density at radius 2 is 1.69 bits per heavy atom. The van der Waals surface area contributed by atoms with Crippen molar-refractivity contribution in [1.82, 2.24) is 29.5 Å². The third kappa shape index (κ3) is 4.49. The van der Waals surface area contributed by atoms with Gasteiger partial charge in [0, 0.05) is 36.9 Å². The molecule has 1 N–H and O–H groups in total. The lowest BCUT2D eigenvalue weighted by atomic mass is 10.1. The molecule has 5 aromatic rings. The van der Waals surface area contributed by atoms with Crippen LogP contribution in [0.25, 0.3) is 16.7 Å². The van der Waals surface area contributed by atoms with E-state index >= 15 is 0 Å². The Kier molecular flexibility index (Phi) is 5.76. The van der Waals surface area contributed by atoms with Gasteiger partial charge in [-0.05, 0) is 47.0 Å². The van der Waals surface area contributed by atoms with E-state index in [-0.39, 0.29) is 24.4 Å². The largest absolute Gasteiger partial charge is 0.550 e. The molecule has 0 atom stereocenters. The summed E-state index contributed by atoms with van der Waals surface area (Å²) in [7, 11) is 0. The maximum atomic E-state index is 13.5. The molecule has 0 bridgehead atoms. The molecule has 0 aliphatic rings. The van der Waals surface area contributed by atoms with Crippen LogP contribution in [-0.2, 0) is 24.3 Å². The third-order valence-corrected chi connectivity index (χ3v) is 5.68. The highest BCUT2D eigenvalue weighted by molar-refractivity contribution is 5.98. The maximum absolute atomic E-state index is 13.5. The summed E-state index contributed by atoms with van der Waals surface area (Å²) in [5.41, 5.74) is 2.92. The van der Waals surface area contributed by atoms with Gasteiger partial charge in [0.2, 0.25) is 5.78 Å². The van der Waals surface area contributed by atoms with Crippen molar-refractivity contribution in [2.24, 2.45) is 0 Å². The standard InChI is InChI=1S/C25H20N6O4/c32-22(33)11-16-1-3-18(4-2-16)14-30-24(35)20-12-19(5-6-21(20)31-15-28-29-25(30)31)23(34)27-13-17-7-9-26-10-8-17/h1-10,12,15H,11,13-14H2,(H,27,34)(H,32,33)/p-1. The van der Waals surface area contributed by atoms with Gasteiger partial charge in [-0.3, -0.25) is 23.5 Å². The summed E-state index contributed by atoms with van der Waals surface area (Å²) in [6.07, 6.45) is 4.64. The SMILES string of the molecule is O=C([O-])Cc1ccc(Cn2c(=O)c3cc(C(=O)NCc4ccncc4)ccc3n3cnnc23)cc1. The van der Waals surface area contributed by atoms with E-state index in [1.165, 1.54) is 10.9 Å². The summed E-state index contributed by atoms with van der Waals surface area (Å²) in [4.78, 5) is 41.0. The Morgan fingerprint density at radius 1 is 0.943 bits per heavy atom. The van der Waals surface area contributed by atoms with Crippen molar-refractivity contribution in [2.75, 3.05) is 0 Å². The lowest BCUT2D eigenvalue weighted by Gasteiger charge is -2.12. The number of aliphatic carboxylic acids is 1. The number of hydrogen-bond acceptors (Lipinski definition) is 7. The zero-order valence-corrected chi connectivity index (χ0v) is 18.4. The molecule has 2 aromatic carbocycles. The fourth-order valence-electron chi connectivity index (χ4n) is 3.92. The highest BCUT2D eigenvalue weighted by Gasteiger charge is 2.15. The molecular formula is C25H19N6O4-. The fraction of sp³-hybridized carbons (Fsp3) is 0.120. The fourth-order valence-corrected chi connectivity index (χ4v) is 3.92. The molecule has 0 saturated carbocycles. The average molecular weight is 467 g/mol. The molecule has 3 heterocycles. The summed E-state index contributed by atoms with van der Waals surface area (Å²) in [5.74, 6) is -1.10. The van der Waals surface area contributed by atoms with Crippen LogP contribution >= 0.6 is 0 Å². The maximum Gasteiger partial charge on any atom is 0.263 e. The summed E-state index contributed by atoms with van der Waals surface area (Å²) >= 11 is 0. The zero-order valence-electron chi connectivity index (χ0n) is 18.4. The topological polar surface area (TPSA) is 134 Å². The molecule has 0 radical (unpaired) electrons. The number of carboxylic acids is 1. The second kappa shape index (κ2) is 9.18. The normalized spacial score (nSPS) is 11.1. The van der Waals surface area contributed by atoms with Gasteiger partial charge >= 0.3 is 0 Å². The Bertz CT molecular complexity index is 1610. The van der Waals surface area contributed by atoms with Gasteiger partial charge in [0.1, 0.15) is 6.33 Å². The highest BCUT2D eigenvalue weighted by atomic mass is 16.4. The molecule has 10 heteroatoms. The number of carboxylic acid groups (broad SMARTS) is 1. The van der Waals surface area contributed by atoms with E-state index < -0.39 is 5.97 Å². The van der Waals surface area contributed by atoms with E-state index in [1.807, 2.05) is 12.1 Å². The molecule has 0 saturated heterocycles. The van der Waals surface area contributed by atoms with Crippen LogP contribution in [-0.4, -0.2) is 36.0 Å². The van der Waals surface area contributed by atoms with Crippen molar-refractivity contribution < 1.29 is 14.7 Å². The predicted molar refractivity (Wildman–Crippen MR) is 124 cm³/mol. The van der Waals surface area contributed by atoms with Crippen LogP contribution in [0.15, 0.2) is 78.1 Å². The molecule has 0 unspecified atom stereocenters. The van der Waals surface area contributed by atoms with Crippen LogP contribution < -0.4 is 16.0 Å². The van der Waals surface area contributed by atoms with Crippen molar-refractivity contribution in [3.05, 3.63) is 106 Å². The Labute approximate surface area is 198 Å². The van der Waals surface area contributed by atoms with Gasteiger partial charge in [-0.2, -0.15) is 0 Å². The van der Waals surface area contributed by atoms with Gasteiger partial charge < -0.3 is 15.2 Å². The van der Waals surface area contributed by atoms with Gasteiger partial charge in [-0.25, -0.2) is 0 Å². The smallest absolute Gasteiger partial charge is 0.263 e. The molecule has 5 rings (SSSR count). The molecule has 35 heavy (non-hydrogen) atoms. The average Bonchev–Trinajstić information content (AvgIpc) is 3.36. The number of hydrogen-bond donors (Lipinski definition) is 1. The minimum Gasteiger partial charge on any atom is -0.550 e. The van der Waals surface area contributed by atoms with E-state index in [1.54, 1.807) is 59.3 Å². The Balaban J connectivity index is 1.49. The first-order valence-corrected chi connectivity index (χ1v) is 10.8. The summed E-state index contributed by atoms with van der Waals surface area (Å²) in [6.45, 7) is 0.531. The van der Waals surface area contributed by atoms with E-state index in [0.29, 0.717) is 34.4 Å². The number of nitrogens with zero attached hydrogens (tertiary/aromatic N) is 5. The van der Waals surface area contributed by atoms with Gasteiger partial charge in [0.15, 0.2) is 0 Å². The second-order valence-corrected chi connectivity index (χ2v) is 8.03. The molecule has 0 spiro atoms. The van der Waals surface area contributed by atoms with Crippen LogP contribution in [0.1, 0.15) is 27.0 Å². The van der Waals surface area contributed by atoms with Crippen LogP contribution in [0.2, 0.25) is 0 Å². The number of benzene rings is 2. The summed E-state index contributed by atoms with van der Waals surface area (Å²) in [5, 5.41) is 22.1. The molecule has 174 valence electrons. The number of carbonyl (C=O) groups excluding carboxylic acids is 2. The second-order valence-electron chi connectivity index (χ2n) is 8.03. The van der Waals surface area contributed by atoms with Crippen LogP contribution in [0.5, 0.6) is 0 Å². The molecular weight excluding hydrogens is 448 g/mol. The first kappa shape index (κ1) is 22.0. The first-order chi connectivity index (χ1) is 17.0. The molecule has 3 aromatic heterocycles. The quantitative estimate of drug-likeness (QED) is 0.372. The molecule has 0 fully saturated rings. The number of amides is 1. The number of fused-ring (bicyclic) bond motifs is 3. The number of pyridine rings is 1. The highest BCUT2D eigenvalue weighted by Crippen LogP contribution is 2.16. The minimum absolute atomic E-state index is 0.184. The van der Waals surface area contributed by atoms with Crippen LogP contribution in [0.4, 0.5) is 0 Å². The number of carbonyl (C=O) groups is 2. The van der Waals surface area contributed by atoms with E-state index in [2.05, 4.69) is 20.5 Å². The molecule has 0 aliphatic heterocycles. The van der Waals surface area contributed by atoms with Crippen LogP contribution in [0, 0.1) is 0 Å². The van der Waals surface area contributed by atoms with Crippen molar-refractivity contribution in [3.8, 4) is 0 Å². The zero-order chi connectivity index (χ0) is 24.4. The van der Waals surface area contributed by atoms with E-state index in [9.17, 15) is 19.5 Å². The van der Waals surface area contributed by atoms with Crippen molar-refractivity contribution in [1.29, 1.82) is 0 Å². The van der Waals surface area contributed by atoms with Crippen molar-refractivity contribution in [2.45, 2.75) is 19.5 Å². The van der Waals surface area contributed by atoms with E-state index in [4.69, 9.17) is 0 Å². The Hall–Kier alpha value is -4.86. The van der Waals surface area contributed by atoms with E-state index in [0.717, 1.165) is 11.1 Å². The van der Waals surface area contributed by atoms with Gasteiger partial charge in [-0.1, -0.05) is 24.3 Å². The number of nitrogens with one attached hydrogen (secondary N) is 1.